The average Bonchev–Trinajstić information content (AvgIpc) is 2.99. The number of aromatic nitrogens is 5. The van der Waals surface area contributed by atoms with E-state index in [-0.39, 0.29) is 0 Å². The van der Waals surface area contributed by atoms with Crippen LogP contribution < -0.4 is 0 Å². The number of fused-ring (bicyclic) bond motifs is 1. The lowest BCUT2D eigenvalue weighted by atomic mass is 10.2. The fourth-order valence-electron chi connectivity index (χ4n) is 2.26. The predicted octanol–water partition coefficient (Wildman–Crippen LogP) is 3.51. The topological polar surface area (TPSA) is 56.0 Å². The standard InChI is InChI=1S/C16H10ClN5/c17-13-9-5-4-8-12(13)15-20-21-16-19-14(10-18-22(15)16)11-6-2-1-3-7-11/h1-10H. The van der Waals surface area contributed by atoms with Crippen LogP contribution in [0.2, 0.25) is 5.02 Å². The van der Waals surface area contributed by atoms with Crippen LogP contribution in [-0.2, 0) is 0 Å². The molecule has 2 heterocycles. The molecule has 2 aromatic carbocycles. The van der Waals surface area contributed by atoms with E-state index in [4.69, 9.17) is 11.6 Å². The van der Waals surface area contributed by atoms with Crippen molar-refractivity contribution in [2.45, 2.75) is 0 Å². The van der Waals surface area contributed by atoms with Gasteiger partial charge < -0.3 is 0 Å². The van der Waals surface area contributed by atoms with Crippen molar-refractivity contribution in [3.05, 3.63) is 65.8 Å². The first-order valence-corrected chi connectivity index (χ1v) is 7.09. The Labute approximate surface area is 131 Å². The molecule has 0 amide bonds. The van der Waals surface area contributed by atoms with Crippen molar-refractivity contribution in [1.82, 2.24) is 24.8 Å². The first-order chi connectivity index (χ1) is 10.8. The molecule has 0 saturated heterocycles. The lowest BCUT2D eigenvalue weighted by Crippen LogP contribution is -1.98. The minimum absolute atomic E-state index is 0.441. The number of halogens is 1. The maximum absolute atomic E-state index is 6.21. The zero-order valence-corrected chi connectivity index (χ0v) is 12.1. The molecule has 5 nitrogen and oxygen atoms in total. The normalized spacial score (nSPS) is 11.0. The summed E-state index contributed by atoms with van der Waals surface area (Å²) in [5.74, 6) is 1.02. The van der Waals surface area contributed by atoms with Crippen LogP contribution in [0.5, 0.6) is 0 Å². The highest BCUT2D eigenvalue weighted by atomic mass is 35.5. The van der Waals surface area contributed by atoms with Crippen LogP contribution >= 0.6 is 11.6 Å². The van der Waals surface area contributed by atoms with Crippen LogP contribution in [0.3, 0.4) is 0 Å². The van der Waals surface area contributed by atoms with Crippen LogP contribution in [0.15, 0.2) is 60.8 Å². The van der Waals surface area contributed by atoms with E-state index in [1.165, 1.54) is 0 Å². The number of nitrogens with zero attached hydrogens (tertiary/aromatic N) is 5. The van der Waals surface area contributed by atoms with E-state index in [0.717, 1.165) is 16.8 Å². The largest absolute Gasteiger partial charge is 0.272 e. The molecular formula is C16H10ClN5. The zero-order chi connectivity index (χ0) is 14.9. The summed E-state index contributed by atoms with van der Waals surface area (Å²) in [5, 5.41) is 13.3. The molecule has 0 bridgehead atoms. The van der Waals surface area contributed by atoms with Crippen molar-refractivity contribution < 1.29 is 0 Å². The highest BCUT2D eigenvalue weighted by molar-refractivity contribution is 6.33. The third kappa shape index (κ3) is 2.12. The van der Waals surface area contributed by atoms with Gasteiger partial charge in [0.2, 0.25) is 0 Å². The van der Waals surface area contributed by atoms with E-state index in [2.05, 4.69) is 20.3 Å². The Morgan fingerprint density at radius 2 is 1.64 bits per heavy atom. The predicted molar refractivity (Wildman–Crippen MR) is 84.5 cm³/mol. The van der Waals surface area contributed by atoms with Crippen molar-refractivity contribution in [1.29, 1.82) is 0 Å². The summed E-state index contributed by atoms with van der Waals surface area (Å²) in [7, 11) is 0. The number of hydrogen-bond donors (Lipinski definition) is 0. The minimum Gasteiger partial charge on any atom is -0.208 e. The van der Waals surface area contributed by atoms with Gasteiger partial charge in [-0.05, 0) is 12.1 Å². The Bertz CT molecular complexity index is 949. The third-order valence-electron chi connectivity index (χ3n) is 3.32. The highest BCUT2D eigenvalue weighted by Crippen LogP contribution is 2.26. The number of hydrogen-bond acceptors (Lipinski definition) is 4. The molecule has 0 unspecified atom stereocenters. The molecule has 0 fully saturated rings. The third-order valence-corrected chi connectivity index (χ3v) is 3.65. The van der Waals surface area contributed by atoms with Gasteiger partial charge in [-0.1, -0.05) is 54.1 Å². The molecule has 0 aliphatic rings. The van der Waals surface area contributed by atoms with Crippen LogP contribution in [0.4, 0.5) is 0 Å². The van der Waals surface area contributed by atoms with Gasteiger partial charge in [-0.15, -0.1) is 10.2 Å². The van der Waals surface area contributed by atoms with Gasteiger partial charge in [-0.25, -0.2) is 4.98 Å². The number of rotatable bonds is 2. The Morgan fingerprint density at radius 3 is 2.45 bits per heavy atom. The van der Waals surface area contributed by atoms with E-state index in [1.54, 1.807) is 10.7 Å². The molecule has 0 radical (unpaired) electrons. The molecule has 4 aromatic rings. The summed E-state index contributed by atoms with van der Waals surface area (Å²) in [4.78, 5) is 4.51. The molecule has 2 aromatic heterocycles. The molecule has 6 heteroatoms. The lowest BCUT2D eigenvalue weighted by Gasteiger charge is -2.02. The average molecular weight is 308 g/mol. The van der Waals surface area contributed by atoms with Crippen LogP contribution in [0.1, 0.15) is 0 Å². The van der Waals surface area contributed by atoms with Crippen molar-refractivity contribution in [3.8, 4) is 22.6 Å². The first kappa shape index (κ1) is 12.9. The van der Waals surface area contributed by atoms with Gasteiger partial charge in [0.1, 0.15) is 0 Å². The number of benzene rings is 2. The molecule has 106 valence electrons. The van der Waals surface area contributed by atoms with Crippen LogP contribution in [0.25, 0.3) is 28.4 Å². The van der Waals surface area contributed by atoms with E-state index in [1.807, 2.05) is 54.6 Å². The van der Waals surface area contributed by atoms with Crippen molar-refractivity contribution in [3.63, 3.8) is 0 Å². The molecular weight excluding hydrogens is 298 g/mol. The molecule has 22 heavy (non-hydrogen) atoms. The van der Waals surface area contributed by atoms with E-state index in [9.17, 15) is 0 Å². The second-order valence-electron chi connectivity index (χ2n) is 4.72. The lowest BCUT2D eigenvalue weighted by molar-refractivity contribution is 0.909. The summed E-state index contributed by atoms with van der Waals surface area (Å²) in [6, 6.07) is 17.3. The molecule has 0 N–H and O–H groups in total. The van der Waals surface area contributed by atoms with Crippen molar-refractivity contribution >= 4 is 17.4 Å². The monoisotopic (exact) mass is 307 g/mol. The highest BCUT2D eigenvalue weighted by Gasteiger charge is 2.13. The molecule has 0 saturated carbocycles. The summed E-state index contributed by atoms with van der Waals surface area (Å²) < 4.78 is 1.59. The maximum atomic E-state index is 6.21. The van der Waals surface area contributed by atoms with Gasteiger partial charge >= 0.3 is 0 Å². The van der Waals surface area contributed by atoms with Crippen molar-refractivity contribution in [2.75, 3.05) is 0 Å². The summed E-state index contributed by atoms with van der Waals surface area (Å²) >= 11 is 6.21. The smallest absolute Gasteiger partial charge is 0.208 e. The first-order valence-electron chi connectivity index (χ1n) is 6.72. The van der Waals surface area contributed by atoms with E-state index < -0.39 is 0 Å². The van der Waals surface area contributed by atoms with E-state index >= 15 is 0 Å². The fraction of sp³-hybridized carbons (Fsp3) is 0. The Hall–Kier alpha value is -2.79. The summed E-state index contributed by atoms with van der Waals surface area (Å²) in [6.07, 6.45) is 1.70. The molecule has 0 spiro atoms. The quantitative estimate of drug-likeness (QED) is 0.568. The second-order valence-corrected chi connectivity index (χ2v) is 5.13. The van der Waals surface area contributed by atoms with Gasteiger partial charge in [0.15, 0.2) is 5.82 Å². The van der Waals surface area contributed by atoms with Gasteiger partial charge in [-0.2, -0.15) is 9.61 Å². The van der Waals surface area contributed by atoms with Gasteiger partial charge in [0.05, 0.1) is 16.9 Å². The second kappa shape index (κ2) is 5.20. The van der Waals surface area contributed by atoms with E-state index in [0.29, 0.717) is 16.6 Å². The van der Waals surface area contributed by atoms with Gasteiger partial charge in [-0.3, -0.25) is 0 Å². The summed E-state index contributed by atoms with van der Waals surface area (Å²) in [5.41, 5.74) is 2.52. The Balaban J connectivity index is 1.87. The molecule has 4 rings (SSSR count). The van der Waals surface area contributed by atoms with Gasteiger partial charge in [0.25, 0.3) is 5.78 Å². The van der Waals surface area contributed by atoms with Crippen LogP contribution in [0, 0.1) is 0 Å². The fourth-order valence-corrected chi connectivity index (χ4v) is 2.48. The van der Waals surface area contributed by atoms with Crippen molar-refractivity contribution in [2.24, 2.45) is 0 Å². The van der Waals surface area contributed by atoms with Crippen LogP contribution in [-0.4, -0.2) is 24.8 Å². The van der Waals surface area contributed by atoms with Gasteiger partial charge in [0, 0.05) is 11.1 Å². The Kier molecular flexibility index (Phi) is 3.05. The SMILES string of the molecule is Clc1ccccc1-c1nnc2nc(-c3ccccc3)cnn12. The minimum atomic E-state index is 0.441. The zero-order valence-electron chi connectivity index (χ0n) is 11.4. The molecule has 0 atom stereocenters. The summed E-state index contributed by atoms with van der Waals surface area (Å²) in [6.45, 7) is 0. The Morgan fingerprint density at radius 1 is 0.864 bits per heavy atom. The molecule has 0 aliphatic heterocycles. The molecule has 0 aliphatic carbocycles. The maximum Gasteiger partial charge on any atom is 0.272 e.